The molecule has 7 nitrogen and oxygen atoms in total. The van der Waals surface area contributed by atoms with Crippen LogP contribution in [0.25, 0.3) is 5.57 Å². The fourth-order valence-electron chi connectivity index (χ4n) is 4.58. The van der Waals surface area contributed by atoms with Crippen LogP contribution in [0.4, 0.5) is 27.2 Å². The van der Waals surface area contributed by atoms with Crippen LogP contribution in [0.3, 0.4) is 0 Å². The van der Waals surface area contributed by atoms with Gasteiger partial charge >= 0.3 is 12.2 Å². The van der Waals surface area contributed by atoms with Gasteiger partial charge in [-0.1, -0.05) is 42.5 Å². The lowest BCUT2D eigenvalue weighted by Gasteiger charge is -2.24. The number of ether oxygens (including phenoxy) is 2. The predicted molar refractivity (Wildman–Crippen MR) is 162 cm³/mol. The average molecular weight is 625 g/mol. The van der Waals surface area contributed by atoms with E-state index in [2.05, 4.69) is 0 Å². The van der Waals surface area contributed by atoms with Gasteiger partial charge in [0.15, 0.2) is 0 Å². The molecule has 1 N–H and O–H groups in total. The number of rotatable bonds is 4. The van der Waals surface area contributed by atoms with Crippen molar-refractivity contribution in [2.75, 3.05) is 33.3 Å². The van der Waals surface area contributed by atoms with Crippen molar-refractivity contribution < 1.29 is 41.7 Å². The van der Waals surface area contributed by atoms with Gasteiger partial charge in [0.25, 0.3) is 12.9 Å². The Morgan fingerprint density at radius 1 is 0.818 bits per heavy atom. The Hall–Kier alpha value is -3.60. The van der Waals surface area contributed by atoms with E-state index in [1.165, 1.54) is 24.3 Å². The van der Waals surface area contributed by atoms with E-state index in [-0.39, 0.29) is 23.1 Å². The summed E-state index contributed by atoms with van der Waals surface area (Å²) in [7, 11) is 1.00. The van der Waals surface area contributed by atoms with Gasteiger partial charge in [-0.05, 0) is 76.8 Å². The summed E-state index contributed by atoms with van der Waals surface area (Å²) >= 11 is 0. The standard InChI is InChI=1S/C16H21F2NO2.C16H19F2NO2.CH4O/c2*1-16(2,3)21-15(20)19-8-7-13(10-19)11-5-4-6-12(9-11)14(17)18;1-2/h4-6,9,13-14H,7-8,10H2,1-3H3;4-7,9,14H,8,10H2,1-3H3;2H,1H3. The summed E-state index contributed by atoms with van der Waals surface area (Å²) in [4.78, 5) is 27.2. The molecule has 0 bridgehead atoms. The summed E-state index contributed by atoms with van der Waals surface area (Å²) in [6.45, 7) is 12.8. The van der Waals surface area contributed by atoms with Gasteiger partial charge in [0.05, 0.1) is 0 Å². The molecule has 2 aliphatic heterocycles. The van der Waals surface area contributed by atoms with Crippen LogP contribution < -0.4 is 0 Å². The number of aliphatic hydroxyl groups excluding tert-OH is 1. The van der Waals surface area contributed by atoms with Gasteiger partial charge in [-0.25, -0.2) is 27.2 Å². The summed E-state index contributed by atoms with van der Waals surface area (Å²) in [6, 6.07) is 12.7. The van der Waals surface area contributed by atoms with Crippen molar-refractivity contribution in [2.24, 2.45) is 0 Å². The lowest BCUT2D eigenvalue weighted by molar-refractivity contribution is 0.0287. The lowest BCUT2D eigenvalue weighted by Crippen LogP contribution is -2.35. The molecule has 0 aromatic heterocycles. The number of aliphatic hydroxyl groups is 1. The maximum absolute atomic E-state index is 12.7. The molecule has 1 fully saturated rings. The molecule has 0 aliphatic carbocycles. The first-order valence-electron chi connectivity index (χ1n) is 14.4. The van der Waals surface area contributed by atoms with Crippen molar-refractivity contribution in [1.29, 1.82) is 0 Å². The number of hydrogen-bond donors (Lipinski definition) is 1. The first kappa shape index (κ1) is 36.6. The Kier molecular flexibility index (Phi) is 13.2. The van der Waals surface area contributed by atoms with Crippen LogP contribution in [0.5, 0.6) is 0 Å². The molecule has 0 spiro atoms. The second-order valence-electron chi connectivity index (χ2n) is 12.4. The Balaban J connectivity index is 0.000000291. The quantitative estimate of drug-likeness (QED) is 0.347. The van der Waals surface area contributed by atoms with E-state index in [0.29, 0.717) is 26.2 Å². The highest BCUT2D eigenvalue weighted by Crippen LogP contribution is 2.31. The van der Waals surface area contributed by atoms with Gasteiger partial charge in [-0.3, -0.25) is 0 Å². The molecule has 11 heteroatoms. The molecule has 244 valence electrons. The third-order valence-electron chi connectivity index (χ3n) is 6.55. The number of amides is 2. The van der Waals surface area contributed by atoms with Gasteiger partial charge < -0.3 is 24.4 Å². The third kappa shape index (κ3) is 11.5. The van der Waals surface area contributed by atoms with Crippen molar-refractivity contribution in [1.82, 2.24) is 9.80 Å². The van der Waals surface area contributed by atoms with Crippen molar-refractivity contribution >= 4 is 17.8 Å². The Morgan fingerprint density at radius 3 is 1.89 bits per heavy atom. The van der Waals surface area contributed by atoms with E-state index in [1.807, 2.05) is 32.9 Å². The van der Waals surface area contributed by atoms with Crippen molar-refractivity contribution in [3.63, 3.8) is 0 Å². The molecule has 0 radical (unpaired) electrons. The number of nitrogens with zero attached hydrogens (tertiary/aromatic N) is 2. The van der Waals surface area contributed by atoms with Gasteiger partial charge in [-0.15, -0.1) is 0 Å². The highest BCUT2D eigenvalue weighted by atomic mass is 19.3. The second-order valence-corrected chi connectivity index (χ2v) is 12.4. The van der Waals surface area contributed by atoms with E-state index in [9.17, 15) is 27.2 Å². The minimum Gasteiger partial charge on any atom is -0.444 e. The summed E-state index contributed by atoms with van der Waals surface area (Å²) in [6.07, 6.45) is -3.04. The van der Waals surface area contributed by atoms with Crippen LogP contribution in [0.2, 0.25) is 0 Å². The van der Waals surface area contributed by atoms with E-state index in [1.54, 1.807) is 48.8 Å². The second kappa shape index (κ2) is 15.9. The smallest absolute Gasteiger partial charge is 0.410 e. The number of carbonyl (C=O) groups excluding carboxylic acids is 2. The van der Waals surface area contributed by atoms with E-state index >= 15 is 0 Å². The maximum atomic E-state index is 12.7. The van der Waals surface area contributed by atoms with Crippen LogP contribution in [-0.4, -0.2) is 71.6 Å². The number of halogens is 4. The summed E-state index contributed by atoms with van der Waals surface area (Å²) in [5, 5.41) is 7.00. The minimum absolute atomic E-state index is 0.0101. The van der Waals surface area contributed by atoms with Crippen LogP contribution in [0, 0.1) is 0 Å². The normalized spacial score (nSPS) is 16.6. The SMILES string of the molecule is CC(C)(C)OC(=O)N1CC=C(c2cccc(C(F)F)c2)C1.CC(C)(C)OC(=O)N1CCC(c2cccc(C(F)F)c2)C1.CO. The monoisotopic (exact) mass is 624 g/mol. The largest absolute Gasteiger partial charge is 0.444 e. The summed E-state index contributed by atoms with van der Waals surface area (Å²) in [5.74, 6) is 0.0937. The Morgan fingerprint density at radius 2 is 1.34 bits per heavy atom. The van der Waals surface area contributed by atoms with Crippen molar-refractivity contribution in [3.05, 3.63) is 76.9 Å². The molecular formula is C33H44F4N2O5. The maximum Gasteiger partial charge on any atom is 0.410 e. The molecule has 2 heterocycles. The van der Waals surface area contributed by atoms with Gasteiger partial charge in [0.1, 0.15) is 11.2 Å². The highest BCUT2D eigenvalue weighted by Gasteiger charge is 2.31. The molecule has 1 unspecified atom stereocenters. The van der Waals surface area contributed by atoms with Gasteiger partial charge in [-0.2, -0.15) is 0 Å². The molecule has 2 aliphatic rings. The number of carbonyl (C=O) groups is 2. The van der Waals surface area contributed by atoms with Crippen LogP contribution in [0.15, 0.2) is 54.6 Å². The fourth-order valence-corrected chi connectivity index (χ4v) is 4.58. The minimum atomic E-state index is -2.49. The number of benzene rings is 2. The van der Waals surface area contributed by atoms with Crippen molar-refractivity contribution in [3.8, 4) is 0 Å². The lowest BCUT2D eigenvalue weighted by atomic mass is 9.97. The number of likely N-dealkylation sites (tertiary alicyclic amines) is 1. The van der Waals surface area contributed by atoms with Gasteiger partial charge in [0.2, 0.25) is 0 Å². The first-order valence-corrected chi connectivity index (χ1v) is 14.4. The first-order chi connectivity index (χ1) is 20.5. The molecular weight excluding hydrogens is 580 g/mol. The van der Waals surface area contributed by atoms with E-state index < -0.39 is 30.1 Å². The van der Waals surface area contributed by atoms with Crippen LogP contribution in [-0.2, 0) is 9.47 Å². The molecule has 4 rings (SSSR count). The molecule has 1 saturated heterocycles. The van der Waals surface area contributed by atoms with Crippen molar-refractivity contribution in [2.45, 2.75) is 77.9 Å². The molecule has 44 heavy (non-hydrogen) atoms. The summed E-state index contributed by atoms with van der Waals surface area (Å²) < 4.78 is 61.6. The molecule has 2 aromatic rings. The molecule has 2 aromatic carbocycles. The average Bonchev–Trinajstić information content (AvgIpc) is 3.64. The Bertz CT molecular complexity index is 1250. The topological polar surface area (TPSA) is 79.3 Å². The van der Waals surface area contributed by atoms with Gasteiger partial charge in [0, 0.05) is 50.3 Å². The number of hydrogen-bond acceptors (Lipinski definition) is 5. The highest BCUT2D eigenvalue weighted by molar-refractivity contribution is 5.77. The Labute approximate surface area is 257 Å². The molecule has 0 saturated carbocycles. The predicted octanol–water partition coefficient (Wildman–Crippen LogP) is 8.22. The molecule has 1 atom stereocenters. The zero-order valence-corrected chi connectivity index (χ0v) is 26.5. The zero-order chi connectivity index (χ0) is 33.2. The van der Waals surface area contributed by atoms with E-state index in [0.717, 1.165) is 30.2 Å². The third-order valence-corrected chi connectivity index (χ3v) is 6.55. The zero-order valence-electron chi connectivity index (χ0n) is 26.5. The summed E-state index contributed by atoms with van der Waals surface area (Å²) in [5.41, 5.74) is 1.40. The van der Waals surface area contributed by atoms with Crippen LogP contribution >= 0.6 is 0 Å². The van der Waals surface area contributed by atoms with E-state index in [4.69, 9.17) is 14.6 Å². The fraction of sp³-hybridized carbons (Fsp3) is 0.515. The molecule has 2 amide bonds. The van der Waals surface area contributed by atoms with Crippen LogP contribution in [0.1, 0.15) is 89.0 Å². The number of alkyl halides is 4.